The molecule has 1 atom stereocenters. The topological polar surface area (TPSA) is 46.3 Å². The first-order valence-corrected chi connectivity index (χ1v) is 9.45. The summed E-state index contributed by atoms with van der Waals surface area (Å²) < 4.78 is 6.54. The molecule has 2 aromatic carbocycles. The third kappa shape index (κ3) is 2.11. The Kier molecular flexibility index (Phi) is 3.29. The summed E-state index contributed by atoms with van der Waals surface area (Å²) in [5.41, 5.74) is 3.99. The average Bonchev–Trinajstić information content (AvgIpc) is 3.06. The van der Waals surface area contributed by atoms with Gasteiger partial charge in [0.05, 0.1) is 10.9 Å². The van der Waals surface area contributed by atoms with E-state index in [4.69, 9.17) is 4.52 Å². The minimum atomic E-state index is 0.0667. The minimum absolute atomic E-state index is 0.0667. The predicted molar refractivity (Wildman–Crippen MR) is 101 cm³/mol. The number of carbonyl (C=O) groups excluding carboxylic acids is 1. The van der Waals surface area contributed by atoms with E-state index in [9.17, 15) is 4.79 Å². The van der Waals surface area contributed by atoms with E-state index in [-0.39, 0.29) is 5.78 Å². The standard InChI is InChI=1S/C20H17BrN2O2/c1-11-5-4-8-23(10-11)15-9-14(21)18-17-16(15)19(24)12-6-2-3-7-13(12)20(17)25-22-18/h2-3,6-7,9,11H,4-5,8,10H2,1H3/t11-/m1/s1. The Morgan fingerprint density at radius 1 is 1.28 bits per heavy atom. The summed E-state index contributed by atoms with van der Waals surface area (Å²) in [7, 11) is 0. The average molecular weight is 397 g/mol. The fraction of sp³-hybridized carbons (Fsp3) is 0.300. The maximum Gasteiger partial charge on any atom is 0.196 e. The van der Waals surface area contributed by atoms with Crippen LogP contribution in [0.1, 0.15) is 35.7 Å². The second-order valence-electron chi connectivity index (χ2n) is 7.06. The van der Waals surface area contributed by atoms with Gasteiger partial charge in [0.15, 0.2) is 11.5 Å². The Hall–Kier alpha value is -2.14. The van der Waals surface area contributed by atoms with E-state index >= 15 is 0 Å². The summed E-state index contributed by atoms with van der Waals surface area (Å²) in [4.78, 5) is 15.7. The van der Waals surface area contributed by atoms with Crippen LogP contribution in [0.3, 0.4) is 0 Å². The monoisotopic (exact) mass is 396 g/mol. The zero-order valence-electron chi connectivity index (χ0n) is 13.9. The number of hydrogen-bond acceptors (Lipinski definition) is 4. The normalized spacial score (nSPS) is 19.4. The highest BCUT2D eigenvalue weighted by Crippen LogP contribution is 2.46. The van der Waals surface area contributed by atoms with Crippen LogP contribution in [0.4, 0.5) is 5.69 Å². The maximum atomic E-state index is 13.3. The van der Waals surface area contributed by atoms with E-state index < -0.39 is 0 Å². The van der Waals surface area contributed by atoms with Gasteiger partial charge in [-0.05, 0) is 40.8 Å². The molecule has 126 valence electrons. The first kappa shape index (κ1) is 15.1. The van der Waals surface area contributed by atoms with Crippen molar-refractivity contribution in [3.8, 4) is 11.3 Å². The lowest BCUT2D eigenvalue weighted by atomic mass is 9.86. The highest BCUT2D eigenvalue weighted by molar-refractivity contribution is 9.10. The molecule has 4 nitrogen and oxygen atoms in total. The smallest absolute Gasteiger partial charge is 0.196 e. The summed E-state index contributed by atoms with van der Waals surface area (Å²) in [6.45, 7) is 4.22. The van der Waals surface area contributed by atoms with Crippen molar-refractivity contribution in [1.29, 1.82) is 0 Å². The predicted octanol–water partition coefficient (Wildman–Crippen LogP) is 5.04. The number of fused-ring (bicyclic) bond motifs is 2. The van der Waals surface area contributed by atoms with E-state index in [1.54, 1.807) is 0 Å². The number of anilines is 1. The lowest BCUT2D eigenvalue weighted by Gasteiger charge is -2.34. The van der Waals surface area contributed by atoms with Gasteiger partial charge in [-0.15, -0.1) is 0 Å². The molecule has 1 aromatic heterocycles. The van der Waals surface area contributed by atoms with Gasteiger partial charge in [0.25, 0.3) is 0 Å². The van der Waals surface area contributed by atoms with Gasteiger partial charge in [-0.25, -0.2) is 0 Å². The molecule has 0 N–H and O–H groups in total. The van der Waals surface area contributed by atoms with Gasteiger partial charge in [-0.1, -0.05) is 36.3 Å². The number of hydrogen-bond donors (Lipinski definition) is 0. The lowest BCUT2D eigenvalue weighted by Crippen LogP contribution is -2.35. The number of carbonyl (C=O) groups is 1. The molecule has 5 heteroatoms. The van der Waals surface area contributed by atoms with Crippen LogP contribution in [0, 0.1) is 5.92 Å². The molecule has 0 spiro atoms. The van der Waals surface area contributed by atoms with Gasteiger partial charge in [0.2, 0.25) is 0 Å². The Morgan fingerprint density at radius 2 is 2.08 bits per heavy atom. The number of rotatable bonds is 1. The Labute approximate surface area is 153 Å². The Bertz CT molecular complexity index is 1020. The molecule has 0 saturated carbocycles. The van der Waals surface area contributed by atoms with Crippen LogP contribution in [0.15, 0.2) is 39.3 Å². The molecule has 5 rings (SSSR count). The molecule has 0 unspecified atom stereocenters. The fourth-order valence-electron chi connectivity index (χ4n) is 4.16. The number of aromatic nitrogens is 1. The Balaban J connectivity index is 1.83. The van der Waals surface area contributed by atoms with E-state index in [1.165, 1.54) is 6.42 Å². The summed E-state index contributed by atoms with van der Waals surface area (Å²) in [6, 6.07) is 9.67. The third-order valence-corrected chi connectivity index (χ3v) is 5.93. The number of halogens is 1. The van der Waals surface area contributed by atoms with Crippen LogP contribution in [-0.2, 0) is 0 Å². The lowest BCUT2D eigenvalue weighted by molar-refractivity contribution is 0.104. The zero-order chi connectivity index (χ0) is 17.1. The molecule has 1 aliphatic carbocycles. The van der Waals surface area contributed by atoms with Crippen LogP contribution in [0.5, 0.6) is 0 Å². The summed E-state index contributed by atoms with van der Waals surface area (Å²) in [5, 5.41) is 5.07. The highest BCUT2D eigenvalue weighted by Gasteiger charge is 2.34. The molecule has 3 aromatic rings. The number of benzene rings is 2. The molecule has 0 bridgehead atoms. The van der Waals surface area contributed by atoms with Gasteiger partial charge < -0.3 is 9.42 Å². The molecule has 1 saturated heterocycles. The van der Waals surface area contributed by atoms with Crippen molar-refractivity contribution in [2.24, 2.45) is 5.92 Å². The number of piperidine rings is 1. The fourth-order valence-corrected chi connectivity index (χ4v) is 4.65. The van der Waals surface area contributed by atoms with Crippen molar-refractivity contribution in [1.82, 2.24) is 5.16 Å². The van der Waals surface area contributed by atoms with Gasteiger partial charge in [0.1, 0.15) is 5.52 Å². The van der Waals surface area contributed by atoms with Crippen molar-refractivity contribution >= 4 is 38.3 Å². The molecule has 1 aliphatic heterocycles. The van der Waals surface area contributed by atoms with Crippen LogP contribution >= 0.6 is 15.9 Å². The maximum absolute atomic E-state index is 13.3. The van der Waals surface area contributed by atoms with Crippen molar-refractivity contribution in [3.63, 3.8) is 0 Å². The zero-order valence-corrected chi connectivity index (χ0v) is 15.5. The summed E-state index contributed by atoms with van der Waals surface area (Å²) in [5.74, 6) is 1.40. The van der Waals surface area contributed by atoms with E-state index in [1.807, 2.05) is 30.3 Å². The second kappa shape index (κ2) is 5.43. The van der Waals surface area contributed by atoms with Crippen LogP contribution in [-0.4, -0.2) is 24.0 Å². The van der Waals surface area contributed by atoms with Gasteiger partial charge in [-0.3, -0.25) is 4.79 Å². The minimum Gasteiger partial charge on any atom is -0.371 e. The van der Waals surface area contributed by atoms with E-state index in [0.717, 1.165) is 51.7 Å². The van der Waals surface area contributed by atoms with E-state index in [0.29, 0.717) is 17.2 Å². The first-order chi connectivity index (χ1) is 12.1. The van der Waals surface area contributed by atoms with Crippen molar-refractivity contribution in [2.75, 3.05) is 18.0 Å². The van der Waals surface area contributed by atoms with Gasteiger partial charge in [-0.2, -0.15) is 0 Å². The molecule has 1 fully saturated rings. The largest absolute Gasteiger partial charge is 0.371 e. The third-order valence-electron chi connectivity index (χ3n) is 5.33. The summed E-state index contributed by atoms with van der Waals surface area (Å²) >= 11 is 3.63. The number of nitrogens with zero attached hydrogens (tertiary/aromatic N) is 2. The van der Waals surface area contributed by atoms with E-state index in [2.05, 4.69) is 32.9 Å². The molecular weight excluding hydrogens is 380 g/mol. The quantitative estimate of drug-likeness (QED) is 0.452. The SMILES string of the molecule is C[C@@H]1CCCN(c2cc(Br)c3noc4c3c2C(=O)c2ccccc2-4)C1. The van der Waals surface area contributed by atoms with Gasteiger partial charge >= 0.3 is 0 Å². The van der Waals surface area contributed by atoms with Crippen molar-refractivity contribution < 1.29 is 9.32 Å². The molecule has 0 amide bonds. The van der Waals surface area contributed by atoms with Crippen LogP contribution in [0.25, 0.3) is 22.2 Å². The van der Waals surface area contributed by atoms with Gasteiger partial charge in [0, 0.05) is 34.4 Å². The second-order valence-corrected chi connectivity index (χ2v) is 7.91. The molecule has 2 aliphatic rings. The molecular formula is C20H17BrN2O2. The number of ketones is 1. The Morgan fingerprint density at radius 3 is 2.88 bits per heavy atom. The van der Waals surface area contributed by atoms with Crippen molar-refractivity contribution in [3.05, 3.63) is 45.9 Å². The first-order valence-electron chi connectivity index (χ1n) is 8.66. The molecule has 2 heterocycles. The van der Waals surface area contributed by atoms with Crippen LogP contribution < -0.4 is 4.90 Å². The highest BCUT2D eigenvalue weighted by atomic mass is 79.9. The van der Waals surface area contributed by atoms with Crippen molar-refractivity contribution in [2.45, 2.75) is 19.8 Å². The van der Waals surface area contributed by atoms with Crippen LogP contribution in [0.2, 0.25) is 0 Å². The summed E-state index contributed by atoms with van der Waals surface area (Å²) in [6.07, 6.45) is 2.39. The molecule has 25 heavy (non-hydrogen) atoms. The molecule has 0 radical (unpaired) electrons.